The number of rotatable bonds is 6. The number of phenolic OH excluding ortho intramolecular Hbond substituents is 4. The highest BCUT2D eigenvalue weighted by molar-refractivity contribution is 6.13. The van der Waals surface area contributed by atoms with Crippen LogP contribution >= 0.6 is 0 Å². The van der Waals surface area contributed by atoms with E-state index in [0.29, 0.717) is 11.1 Å². The summed E-state index contributed by atoms with van der Waals surface area (Å²) in [6.45, 7) is 5.02. The fourth-order valence-electron chi connectivity index (χ4n) is 3.21. The second-order valence-electron chi connectivity index (χ2n) is 6.79. The molecule has 7 heteroatoms. The summed E-state index contributed by atoms with van der Waals surface area (Å²) in [5, 5.41) is 40.2. The number of carbonyl (C=O) groups is 2. The monoisotopic (exact) mass is 420 g/mol. The summed E-state index contributed by atoms with van der Waals surface area (Å²) in [5.41, 5.74) is 0.958. The molecular weight excluding hydrogens is 400 g/mol. The van der Waals surface area contributed by atoms with Gasteiger partial charge in [-0.15, -0.1) is 0 Å². The molecule has 0 amide bonds. The van der Waals surface area contributed by atoms with E-state index in [9.17, 15) is 30.0 Å². The van der Waals surface area contributed by atoms with Crippen LogP contribution < -0.4 is 0 Å². The van der Waals surface area contributed by atoms with Crippen LogP contribution in [0.15, 0.2) is 67.3 Å². The molecule has 0 aliphatic rings. The first-order valence-electron chi connectivity index (χ1n) is 9.28. The maximum Gasteiger partial charge on any atom is 0.330 e. The van der Waals surface area contributed by atoms with Crippen LogP contribution in [-0.2, 0) is 9.53 Å². The molecule has 0 aliphatic carbocycles. The zero-order chi connectivity index (χ0) is 22.7. The molecule has 0 saturated heterocycles. The van der Waals surface area contributed by atoms with E-state index in [1.807, 2.05) is 0 Å². The standard InChI is InChI=1S/C24H20O7/c1-3-23(29)31-13(2)15-6-4-5-7-16(15)18-11-19(22(28)12-21(18)27)24(30)17-9-8-14(25)10-20(17)26/h3-13,25-28H,1H2,2H3. The SMILES string of the molecule is C=CC(=O)OC(C)c1ccccc1-c1cc(C(=O)c2ccc(O)cc2O)c(O)cc1O. The minimum absolute atomic E-state index is 0.133. The Bertz CT molecular complexity index is 1180. The summed E-state index contributed by atoms with van der Waals surface area (Å²) >= 11 is 0. The van der Waals surface area contributed by atoms with Crippen LogP contribution in [-0.4, -0.2) is 32.2 Å². The van der Waals surface area contributed by atoms with E-state index in [-0.39, 0.29) is 28.2 Å². The van der Waals surface area contributed by atoms with Gasteiger partial charge in [0.2, 0.25) is 0 Å². The molecule has 0 heterocycles. The predicted octanol–water partition coefficient (Wildman–Crippen LogP) is 4.20. The van der Waals surface area contributed by atoms with Crippen LogP contribution in [0.3, 0.4) is 0 Å². The number of benzene rings is 3. The van der Waals surface area contributed by atoms with Gasteiger partial charge in [-0.05, 0) is 30.7 Å². The Hall–Kier alpha value is -4.26. The Balaban J connectivity index is 2.12. The fourth-order valence-corrected chi connectivity index (χ4v) is 3.21. The van der Waals surface area contributed by atoms with Crippen LogP contribution in [0, 0.1) is 0 Å². The third-order valence-electron chi connectivity index (χ3n) is 4.73. The molecule has 3 rings (SSSR count). The highest BCUT2D eigenvalue weighted by Gasteiger charge is 2.23. The molecule has 0 bridgehead atoms. The summed E-state index contributed by atoms with van der Waals surface area (Å²) in [6, 6.07) is 12.6. The molecule has 3 aromatic rings. The second-order valence-corrected chi connectivity index (χ2v) is 6.79. The van der Waals surface area contributed by atoms with E-state index in [1.54, 1.807) is 31.2 Å². The molecule has 31 heavy (non-hydrogen) atoms. The zero-order valence-electron chi connectivity index (χ0n) is 16.6. The van der Waals surface area contributed by atoms with Gasteiger partial charge in [0.15, 0.2) is 5.78 Å². The van der Waals surface area contributed by atoms with Crippen LogP contribution in [0.2, 0.25) is 0 Å². The molecule has 0 radical (unpaired) electrons. The van der Waals surface area contributed by atoms with Gasteiger partial charge >= 0.3 is 5.97 Å². The number of aromatic hydroxyl groups is 4. The van der Waals surface area contributed by atoms with Crippen LogP contribution in [0.25, 0.3) is 11.1 Å². The maximum absolute atomic E-state index is 12.9. The average Bonchev–Trinajstić information content (AvgIpc) is 2.73. The number of hydrogen-bond donors (Lipinski definition) is 4. The normalized spacial score (nSPS) is 11.5. The fraction of sp³-hybridized carbons (Fsp3) is 0.0833. The van der Waals surface area contributed by atoms with Gasteiger partial charge in [0, 0.05) is 29.3 Å². The van der Waals surface area contributed by atoms with Gasteiger partial charge in [-0.3, -0.25) is 4.79 Å². The topological polar surface area (TPSA) is 124 Å². The van der Waals surface area contributed by atoms with Crippen molar-refractivity contribution in [3.63, 3.8) is 0 Å². The lowest BCUT2D eigenvalue weighted by Gasteiger charge is -2.18. The van der Waals surface area contributed by atoms with Gasteiger partial charge in [-0.1, -0.05) is 30.8 Å². The molecule has 3 aromatic carbocycles. The zero-order valence-corrected chi connectivity index (χ0v) is 16.6. The first-order chi connectivity index (χ1) is 14.7. The highest BCUT2D eigenvalue weighted by atomic mass is 16.5. The van der Waals surface area contributed by atoms with Crippen molar-refractivity contribution in [1.29, 1.82) is 0 Å². The van der Waals surface area contributed by atoms with Crippen LogP contribution in [0.5, 0.6) is 23.0 Å². The molecule has 0 saturated carbocycles. The summed E-state index contributed by atoms with van der Waals surface area (Å²) in [6.07, 6.45) is 0.355. The molecule has 0 fully saturated rings. The molecule has 0 aromatic heterocycles. The van der Waals surface area contributed by atoms with Gasteiger partial charge in [-0.2, -0.15) is 0 Å². The Morgan fingerprint density at radius 1 is 0.871 bits per heavy atom. The molecule has 158 valence electrons. The van der Waals surface area contributed by atoms with Gasteiger partial charge in [-0.25, -0.2) is 4.79 Å². The molecular formula is C24H20O7. The number of ketones is 1. The van der Waals surface area contributed by atoms with E-state index >= 15 is 0 Å². The average molecular weight is 420 g/mol. The van der Waals surface area contributed by atoms with E-state index in [1.165, 1.54) is 18.2 Å². The Kier molecular flexibility index (Phi) is 5.97. The first-order valence-corrected chi connectivity index (χ1v) is 9.28. The van der Waals surface area contributed by atoms with E-state index in [2.05, 4.69) is 6.58 Å². The van der Waals surface area contributed by atoms with E-state index < -0.39 is 29.4 Å². The maximum atomic E-state index is 12.9. The van der Waals surface area contributed by atoms with Gasteiger partial charge in [0.1, 0.15) is 29.1 Å². The lowest BCUT2D eigenvalue weighted by Crippen LogP contribution is -2.07. The predicted molar refractivity (Wildman–Crippen MR) is 113 cm³/mol. The smallest absolute Gasteiger partial charge is 0.330 e. The number of esters is 1. The Morgan fingerprint density at radius 2 is 1.55 bits per heavy atom. The van der Waals surface area contributed by atoms with Gasteiger partial charge in [0.25, 0.3) is 0 Å². The number of ether oxygens (including phenoxy) is 1. The Labute approximate surface area is 178 Å². The second kappa shape index (κ2) is 8.62. The van der Waals surface area contributed by atoms with Crippen LogP contribution in [0.4, 0.5) is 0 Å². The van der Waals surface area contributed by atoms with Gasteiger partial charge in [0.05, 0.1) is 11.1 Å². The van der Waals surface area contributed by atoms with Crippen molar-refractivity contribution in [3.8, 4) is 34.1 Å². The quantitative estimate of drug-likeness (QED) is 0.268. The summed E-state index contributed by atoms with van der Waals surface area (Å²) in [4.78, 5) is 24.5. The lowest BCUT2D eigenvalue weighted by molar-refractivity contribution is -0.142. The first kappa shape index (κ1) is 21.4. The Morgan fingerprint density at radius 3 is 2.23 bits per heavy atom. The van der Waals surface area contributed by atoms with Crippen LogP contribution in [0.1, 0.15) is 34.5 Å². The van der Waals surface area contributed by atoms with Crippen molar-refractivity contribution < 1.29 is 34.8 Å². The third kappa shape index (κ3) is 4.35. The molecule has 0 aliphatic heterocycles. The number of hydrogen-bond acceptors (Lipinski definition) is 7. The molecule has 1 unspecified atom stereocenters. The number of phenols is 4. The molecule has 7 nitrogen and oxygen atoms in total. The van der Waals surface area contributed by atoms with E-state index in [0.717, 1.165) is 18.2 Å². The summed E-state index contributed by atoms with van der Waals surface area (Å²) < 4.78 is 5.27. The minimum Gasteiger partial charge on any atom is -0.508 e. The largest absolute Gasteiger partial charge is 0.508 e. The van der Waals surface area contributed by atoms with Crippen molar-refractivity contribution in [1.82, 2.24) is 0 Å². The van der Waals surface area contributed by atoms with E-state index in [4.69, 9.17) is 4.74 Å². The van der Waals surface area contributed by atoms with Crippen molar-refractivity contribution >= 4 is 11.8 Å². The lowest BCUT2D eigenvalue weighted by atomic mass is 9.92. The van der Waals surface area contributed by atoms with Crippen molar-refractivity contribution in [2.24, 2.45) is 0 Å². The molecule has 1 atom stereocenters. The molecule has 4 N–H and O–H groups in total. The van der Waals surface area contributed by atoms with Crippen molar-refractivity contribution in [2.75, 3.05) is 0 Å². The third-order valence-corrected chi connectivity index (χ3v) is 4.73. The van der Waals surface area contributed by atoms with Crippen molar-refractivity contribution in [2.45, 2.75) is 13.0 Å². The minimum atomic E-state index is -0.708. The highest BCUT2D eigenvalue weighted by Crippen LogP contribution is 2.40. The molecule has 0 spiro atoms. The summed E-state index contributed by atoms with van der Waals surface area (Å²) in [7, 11) is 0. The number of carbonyl (C=O) groups excluding carboxylic acids is 2. The van der Waals surface area contributed by atoms with Crippen molar-refractivity contribution in [3.05, 3.63) is 83.9 Å². The summed E-state index contributed by atoms with van der Waals surface area (Å²) in [5.74, 6) is -2.78. The van der Waals surface area contributed by atoms with Gasteiger partial charge < -0.3 is 25.2 Å².